The van der Waals surface area contributed by atoms with Gasteiger partial charge in [-0.1, -0.05) is 0 Å². The van der Waals surface area contributed by atoms with Crippen molar-refractivity contribution in [1.82, 2.24) is 29.7 Å². The number of likely N-dealkylation sites (tertiary alicyclic amines) is 1. The van der Waals surface area contributed by atoms with Crippen molar-refractivity contribution in [3.05, 3.63) is 36.3 Å². The zero-order valence-electron chi connectivity index (χ0n) is 18.3. The lowest BCUT2D eigenvalue weighted by Gasteiger charge is -2.43. The van der Waals surface area contributed by atoms with Crippen molar-refractivity contribution in [2.45, 2.75) is 25.4 Å². The second-order valence-electron chi connectivity index (χ2n) is 8.51. The number of fused-ring (bicyclic) bond motifs is 3. The van der Waals surface area contributed by atoms with Gasteiger partial charge in [0.1, 0.15) is 5.52 Å². The van der Waals surface area contributed by atoms with E-state index in [2.05, 4.69) is 15.0 Å². The van der Waals surface area contributed by atoms with Crippen LogP contribution in [0.25, 0.3) is 22.3 Å². The third-order valence-electron chi connectivity index (χ3n) is 6.21. The smallest absolute Gasteiger partial charge is 0.324 e. The Kier molecular flexibility index (Phi) is 5.25. The molecule has 0 spiro atoms. The standard InChI is InChI=1S/C22H25N9O2/c1-29-11-14-10-25-17-3-2-16(13-8-26-21(24)27-9-13)28-19(17)20(14)31(22(29)33)15-4-6-30(7-5-15)12-18(23)32/h2-3,8-10,15H,4-7,11-12H2,1H3,(H2,23,32)(H2,24,26,27). The average Bonchev–Trinajstić information content (AvgIpc) is 2.80. The molecule has 0 radical (unpaired) electrons. The molecule has 1 fully saturated rings. The molecular weight excluding hydrogens is 422 g/mol. The number of anilines is 2. The van der Waals surface area contributed by atoms with Crippen LogP contribution in [0.4, 0.5) is 16.4 Å². The first-order valence-electron chi connectivity index (χ1n) is 10.8. The minimum atomic E-state index is -0.340. The molecular formula is C22H25N9O2. The highest BCUT2D eigenvalue weighted by atomic mass is 16.2. The van der Waals surface area contributed by atoms with E-state index in [0.29, 0.717) is 36.4 Å². The maximum absolute atomic E-state index is 13.4. The molecule has 11 nitrogen and oxygen atoms in total. The van der Waals surface area contributed by atoms with Gasteiger partial charge in [0.05, 0.1) is 30.0 Å². The van der Waals surface area contributed by atoms with Crippen molar-refractivity contribution in [1.29, 1.82) is 0 Å². The first-order valence-corrected chi connectivity index (χ1v) is 10.8. The Morgan fingerprint density at radius 1 is 1.12 bits per heavy atom. The van der Waals surface area contributed by atoms with Gasteiger partial charge in [0.2, 0.25) is 11.9 Å². The normalized spacial score (nSPS) is 17.4. The van der Waals surface area contributed by atoms with E-state index in [4.69, 9.17) is 16.5 Å². The minimum Gasteiger partial charge on any atom is -0.369 e. The van der Waals surface area contributed by atoms with Crippen LogP contribution < -0.4 is 16.4 Å². The number of carbonyl (C=O) groups is 2. The van der Waals surface area contributed by atoms with Gasteiger partial charge in [-0.05, 0) is 25.0 Å². The van der Waals surface area contributed by atoms with Gasteiger partial charge >= 0.3 is 6.03 Å². The van der Waals surface area contributed by atoms with Crippen LogP contribution >= 0.6 is 0 Å². The lowest BCUT2D eigenvalue weighted by atomic mass is 9.99. The lowest BCUT2D eigenvalue weighted by molar-refractivity contribution is -0.119. The van der Waals surface area contributed by atoms with Crippen LogP contribution in [-0.2, 0) is 11.3 Å². The van der Waals surface area contributed by atoms with E-state index in [1.807, 2.05) is 28.1 Å². The average molecular weight is 448 g/mol. The van der Waals surface area contributed by atoms with Crippen LogP contribution in [0.3, 0.4) is 0 Å². The first kappa shape index (κ1) is 21.0. The summed E-state index contributed by atoms with van der Waals surface area (Å²) in [5.74, 6) is -0.144. The second-order valence-corrected chi connectivity index (χ2v) is 8.51. The van der Waals surface area contributed by atoms with Crippen molar-refractivity contribution in [2.75, 3.05) is 37.3 Å². The molecule has 33 heavy (non-hydrogen) atoms. The Labute approximate surface area is 190 Å². The van der Waals surface area contributed by atoms with Crippen molar-refractivity contribution in [3.63, 3.8) is 0 Å². The molecule has 11 heteroatoms. The van der Waals surface area contributed by atoms with Crippen molar-refractivity contribution in [3.8, 4) is 11.3 Å². The third kappa shape index (κ3) is 3.91. The Morgan fingerprint density at radius 3 is 2.55 bits per heavy atom. The predicted octanol–water partition coefficient (Wildman–Crippen LogP) is 0.991. The van der Waals surface area contributed by atoms with E-state index in [-0.39, 0.29) is 30.5 Å². The van der Waals surface area contributed by atoms with Crippen molar-refractivity contribution >= 4 is 34.6 Å². The largest absolute Gasteiger partial charge is 0.369 e. The van der Waals surface area contributed by atoms with E-state index in [1.54, 1.807) is 24.3 Å². The molecule has 3 amide bonds. The Balaban J connectivity index is 1.56. The minimum absolute atomic E-state index is 0.0148. The summed E-state index contributed by atoms with van der Waals surface area (Å²) in [5.41, 5.74) is 15.5. The summed E-state index contributed by atoms with van der Waals surface area (Å²) >= 11 is 0. The Bertz CT molecular complexity index is 1220. The number of hydrogen-bond acceptors (Lipinski definition) is 8. The molecule has 0 saturated carbocycles. The number of hydrogen-bond donors (Lipinski definition) is 2. The zero-order valence-corrected chi connectivity index (χ0v) is 18.3. The summed E-state index contributed by atoms with van der Waals surface area (Å²) in [5, 5.41) is 0. The predicted molar refractivity (Wildman–Crippen MR) is 123 cm³/mol. The molecule has 170 valence electrons. The number of nitrogens with zero attached hydrogens (tertiary/aromatic N) is 7. The number of urea groups is 1. The molecule has 1 saturated heterocycles. The lowest BCUT2D eigenvalue weighted by Crippen LogP contribution is -2.54. The van der Waals surface area contributed by atoms with Gasteiger partial charge < -0.3 is 16.4 Å². The van der Waals surface area contributed by atoms with Gasteiger partial charge in [0.15, 0.2) is 0 Å². The molecule has 4 N–H and O–H groups in total. The van der Waals surface area contributed by atoms with E-state index < -0.39 is 0 Å². The first-order chi connectivity index (χ1) is 15.9. The molecule has 0 aromatic carbocycles. The summed E-state index contributed by atoms with van der Waals surface area (Å²) < 4.78 is 0. The second kappa shape index (κ2) is 8.24. The quantitative estimate of drug-likeness (QED) is 0.602. The molecule has 3 aromatic heterocycles. The maximum Gasteiger partial charge on any atom is 0.324 e. The van der Waals surface area contributed by atoms with Gasteiger partial charge in [-0.25, -0.2) is 19.7 Å². The third-order valence-corrected chi connectivity index (χ3v) is 6.21. The van der Waals surface area contributed by atoms with E-state index in [9.17, 15) is 9.59 Å². The molecule has 2 aliphatic heterocycles. The van der Waals surface area contributed by atoms with Crippen molar-refractivity contribution in [2.24, 2.45) is 5.73 Å². The van der Waals surface area contributed by atoms with Gasteiger partial charge in [-0.15, -0.1) is 0 Å². The molecule has 5 heterocycles. The fraction of sp³-hybridized carbons (Fsp3) is 0.364. The Morgan fingerprint density at radius 2 is 1.85 bits per heavy atom. The highest BCUT2D eigenvalue weighted by Gasteiger charge is 2.37. The number of carbonyl (C=O) groups excluding carboxylic acids is 2. The molecule has 3 aromatic rings. The van der Waals surface area contributed by atoms with Crippen LogP contribution in [0, 0.1) is 0 Å². The summed E-state index contributed by atoms with van der Waals surface area (Å²) in [6, 6.07) is 3.68. The fourth-order valence-electron chi connectivity index (χ4n) is 4.60. The molecule has 2 aliphatic rings. The highest BCUT2D eigenvalue weighted by Crippen LogP contribution is 2.37. The number of nitrogens with two attached hydrogens (primary N) is 2. The molecule has 0 aliphatic carbocycles. The topological polar surface area (TPSA) is 147 Å². The van der Waals surface area contributed by atoms with Crippen molar-refractivity contribution < 1.29 is 9.59 Å². The van der Waals surface area contributed by atoms with Gasteiger partial charge in [0.25, 0.3) is 0 Å². The van der Waals surface area contributed by atoms with Crippen LogP contribution in [0.15, 0.2) is 30.7 Å². The van der Waals surface area contributed by atoms with Crippen LogP contribution in [0.1, 0.15) is 18.4 Å². The number of amides is 3. The summed E-state index contributed by atoms with van der Waals surface area (Å²) in [6.45, 7) is 2.09. The SMILES string of the molecule is CN1Cc2cnc3ccc(-c4cnc(N)nc4)nc3c2N(C2CCN(CC(N)=O)CC2)C1=O. The maximum atomic E-state index is 13.4. The van der Waals surface area contributed by atoms with Gasteiger partial charge in [-0.3, -0.25) is 19.6 Å². The van der Waals surface area contributed by atoms with E-state index >= 15 is 0 Å². The highest BCUT2D eigenvalue weighted by molar-refractivity contribution is 6.04. The zero-order chi connectivity index (χ0) is 23.1. The van der Waals surface area contributed by atoms with Gasteiger partial charge in [0, 0.05) is 55.9 Å². The Hall–Kier alpha value is -3.86. The van der Waals surface area contributed by atoms with E-state index in [1.165, 1.54) is 0 Å². The fourth-order valence-corrected chi connectivity index (χ4v) is 4.60. The van der Waals surface area contributed by atoms with Crippen LogP contribution in [0.5, 0.6) is 0 Å². The number of piperidine rings is 1. The summed E-state index contributed by atoms with van der Waals surface area (Å²) in [4.78, 5) is 47.8. The molecule has 5 rings (SSSR count). The number of primary amides is 1. The number of aromatic nitrogens is 4. The molecule has 0 unspecified atom stereocenters. The molecule has 0 atom stereocenters. The van der Waals surface area contributed by atoms with Crippen LogP contribution in [-0.4, -0.2) is 74.4 Å². The molecule has 0 bridgehead atoms. The monoisotopic (exact) mass is 447 g/mol. The summed E-state index contributed by atoms with van der Waals surface area (Å²) in [6.07, 6.45) is 6.56. The van der Waals surface area contributed by atoms with Crippen LogP contribution in [0.2, 0.25) is 0 Å². The number of nitrogen functional groups attached to an aromatic ring is 1. The van der Waals surface area contributed by atoms with Gasteiger partial charge in [-0.2, -0.15) is 0 Å². The summed E-state index contributed by atoms with van der Waals surface area (Å²) in [7, 11) is 1.79. The van der Waals surface area contributed by atoms with E-state index in [0.717, 1.165) is 29.7 Å². The number of pyridine rings is 2. The number of rotatable bonds is 4.